The lowest BCUT2D eigenvalue weighted by Gasteiger charge is -2.30. The fraction of sp³-hybridized carbons (Fsp3) is 0.471. The third-order valence-corrected chi connectivity index (χ3v) is 4.74. The second-order valence-corrected chi connectivity index (χ2v) is 6.29. The number of nitrogens with one attached hydrogen (secondary N) is 2. The van der Waals surface area contributed by atoms with Crippen LogP contribution in [0.5, 0.6) is 0 Å². The summed E-state index contributed by atoms with van der Waals surface area (Å²) >= 11 is 0. The molecule has 0 aromatic heterocycles. The molecule has 1 unspecified atom stereocenters. The van der Waals surface area contributed by atoms with E-state index in [4.69, 9.17) is 5.11 Å². The van der Waals surface area contributed by atoms with Gasteiger partial charge in [-0.25, -0.2) is 0 Å². The summed E-state index contributed by atoms with van der Waals surface area (Å²) in [6.07, 6.45) is 2.66. The molecule has 122 valence electrons. The molecule has 6 heteroatoms. The molecule has 0 bridgehead atoms. The average molecular weight is 316 g/mol. The lowest BCUT2D eigenvalue weighted by Crippen LogP contribution is -2.42. The predicted octanol–water partition coefficient (Wildman–Crippen LogP) is 1.87. The Morgan fingerprint density at radius 2 is 1.83 bits per heavy atom. The van der Waals surface area contributed by atoms with Crippen molar-refractivity contribution in [1.29, 1.82) is 0 Å². The predicted molar refractivity (Wildman–Crippen MR) is 84.0 cm³/mol. The first-order chi connectivity index (χ1) is 11.0. The fourth-order valence-corrected chi connectivity index (χ4v) is 3.43. The lowest BCUT2D eigenvalue weighted by molar-refractivity contribution is -0.142. The van der Waals surface area contributed by atoms with E-state index in [0.29, 0.717) is 31.4 Å². The zero-order valence-corrected chi connectivity index (χ0v) is 12.7. The molecular weight excluding hydrogens is 296 g/mol. The van der Waals surface area contributed by atoms with Gasteiger partial charge in [0.05, 0.1) is 11.8 Å². The highest BCUT2D eigenvalue weighted by Gasteiger charge is 2.33. The van der Waals surface area contributed by atoms with E-state index in [-0.39, 0.29) is 30.2 Å². The van der Waals surface area contributed by atoms with Crippen molar-refractivity contribution >= 4 is 23.5 Å². The molecule has 1 saturated carbocycles. The number of carboxylic acid groups (broad SMARTS) is 1. The van der Waals surface area contributed by atoms with Gasteiger partial charge in [0.2, 0.25) is 11.8 Å². The van der Waals surface area contributed by atoms with Gasteiger partial charge in [0, 0.05) is 18.2 Å². The molecule has 1 aromatic rings. The molecule has 0 saturated heterocycles. The summed E-state index contributed by atoms with van der Waals surface area (Å²) in [5.41, 5.74) is 1.53. The van der Waals surface area contributed by atoms with E-state index in [1.807, 2.05) is 18.2 Å². The standard InChI is InChI=1S/C17H20N2O4/c20-15-9-13(12-3-1-2-4-14(12)19-15)16(21)18-11-7-5-10(6-8-11)17(22)23/h1-4,10-11,13H,5-9H2,(H,18,21)(H,19,20)(H,22,23). The minimum absolute atomic E-state index is 0.00440. The van der Waals surface area contributed by atoms with Crippen molar-refractivity contribution in [1.82, 2.24) is 5.32 Å². The van der Waals surface area contributed by atoms with Crippen LogP contribution in [-0.4, -0.2) is 28.9 Å². The van der Waals surface area contributed by atoms with E-state index < -0.39 is 11.9 Å². The molecule has 6 nitrogen and oxygen atoms in total. The number of anilines is 1. The maximum atomic E-state index is 12.6. The van der Waals surface area contributed by atoms with Gasteiger partial charge in [0.25, 0.3) is 0 Å². The largest absolute Gasteiger partial charge is 0.481 e. The van der Waals surface area contributed by atoms with Crippen LogP contribution in [0, 0.1) is 5.92 Å². The van der Waals surface area contributed by atoms with E-state index in [1.165, 1.54) is 0 Å². The van der Waals surface area contributed by atoms with Crippen LogP contribution in [0.15, 0.2) is 24.3 Å². The van der Waals surface area contributed by atoms with Crippen LogP contribution in [0.1, 0.15) is 43.6 Å². The average Bonchev–Trinajstić information content (AvgIpc) is 2.54. The Labute approximate surface area is 134 Å². The first-order valence-corrected chi connectivity index (χ1v) is 7.96. The van der Waals surface area contributed by atoms with Gasteiger partial charge in [-0.3, -0.25) is 14.4 Å². The number of hydrogen-bond donors (Lipinski definition) is 3. The van der Waals surface area contributed by atoms with E-state index in [9.17, 15) is 14.4 Å². The van der Waals surface area contributed by atoms with Crippen molar-refractivity contribution < 1.29 is 19.5 Å². The highest BCUT2D eigenvalue weighted by Crippen LogP contribution is 2.33. The molecule has 1 fully saturated rings. The van der Waals surface area contributed by atoms with Crippen LogP contribution < -0.4 is 10.6 Å². The van der Waals surface area contributed by atoms with Crippen LogP contribution in [0.25, 0.3) is 0 Å². The zero-order chi connectivity index (χ0) is 16.4. The summed E-state index contributed by atoms with van der Waals surface area (Å²) < 4.78 is 0. The number of benzene rings is 1. The Morgan fingerprint density at radius 1 is 1.13 bits per heavy atom. The van der Waals surface area contributed by atoms with Gasteiger partial charge in [-0.15, -0.1) is 0 Å². The van der Waals surface area contributed by atoms with Gasteiger partial charge >= 0.3 is 5.97 Å². The highest BCUT2D eigenvalue weighted by molar-refractivity contribution is 6.01. The molecular formula is C17H20N2O4. The molecule has 2 amide bonds. The number of para-hydroxylation sites is 1. The SMILES string of the molecule is O=C1CC(C(=O)NC2CCC(C(=O)O)CC2)c2ccccc2N1. The molecule has 3 N–H and O–H groups in total. The molecule has 1 heterocycles. The Balaban J connectivity index is 1.65. The molecule has 0 spiro atoms. The van der Waals surface area contributed by atoms with Crippen molar-refractivity contribution in [3.05, 3.63) is 29.8 Å². The van der Waals surface area contributed by atoms with Gasteiger partial charge in [0.15, 0.2) is 0 Å². The van der Waals surface area contributed by atoms with E-state index in [1.54, 1.807) is 6.07 Å². The molecule has 1 aliphatic carbocycles. The molecule has 1 aromatic carbocycles. The summed E-state index contributed by atoms with van der Waals surface area (Å²) in [6, 6.07) is 7.34. The minimum Gasteiger partial charge on any atom is -0.481 e. The minimum atomic E-state index is -0.757. The summed E-state index contributed by atoms with van der Waals surface area (Å²) in [6.45, 7) is 0. The van der Waals surface area contributed by atoms with Gasteiger partial charge in [-0.1, -0.05) is 18.2 Å². The number of carboxylic acids is 1. The molecule has 1 aliphatic heterocycles. The first kappa shape index (κ1) is 15.5. The summed E-state index contributed by atoms with van der Waals surface area (Å²) in [5, 5.41) is 14.8. The Morgan fingerprint density at radius 3 is 2.52 bits per heavy atom. The topological polar surface area (TPSA) is 95.5 Å². The number of rotatable bonds is 3. The number of amides is 2. The number of carbonyl (C=O) groups excluding carboxylic acids is 2. The number of hydrogen-bond acceptors (Lipinski definition) is 3. The van der Waals surface area contributed by atoms with E-state index in [0.717, 1.165) is 5.56 Å². The van der Waals surface area contributed by atoms with Crippen LogP contribution in [0.2, 0.25) is 0 Å². The van der Waals surface area contributed by atoms with Crippen molar-refractivity contribution in [3.8, 4) is 0 Å². The second-order valence-electron chi connectivity index (χ2n) is 6.29. The lowest BCUT2D eigenvalue weighted by atomic mass is 9.85. The first-order valence-electron chi connectivity index (χ1n) is 7.96. The Bertz CT molecular complexity index is 635. The Kier molecular flexibility index (Phi) is 4.32. The third-order valence-electron chi connectivity index (χ3n) is 4.74. The Hall–Kier alpha value is -2.37. The quantitative estimate of drug-likeness (QED) is 0.793. The van der Waals surface area contributed by atoms with Gasteiger partial charge in [-0.2, -0.15) is 0 Å². The summed E-state index contributed by atoms with van der Waals surface area (Å²) in [5.74, 6) is -1.83. The molecule has 23 heavy (non-hydrogen) atoms. The summed E-state index contributed by atoms with van der Waals surface area (Å²) in [4.78, 5) is 35.3. The smallest absolute Gasteiger partial charge is 0.306 e. The van der Waals surface area contributed by atoms with Crippen LogP contribution in [0.4, 0.5) is 5.69 Å². The summed E-state index contributed by atoms with van der Waals surface area (Å²) in [7, 11) is 0. The van der Waals surface area contributed by atoms with Crippen LogP contribution in [0.3, 0.4) is 0 Å². The maximum Gasteiger partial charge on any atom is 0.306 e. The van der Waals surface area contributed by atoms with Gasteiger partial charge < -0.3 is 15.7 Å². The van der Waals surface area contributed by atoms with Gasteiger partial charge in [-0.05, 0) is 37.3 Å². The van der Waals surface area contributed by atoms with Crippen molar-refractivity contribution in [2.24, 2.45) is 5.92 Å². The monoisotopic (exact) mass is 316 g/mol. The molecule has 1 atom stereocenters. The van der Waals surface area contributed by atoms with Gasteiger partial charge in [0.1, 0.15) is 0 Å². The van der Waals surface area contributed by atoms with E-state index in [2.05, 4.69) is 10.6 Å². The highest BCUT2D eigenvalue weighted by atomic mass is 16.4. The normalized spacial score (nSPS) is 26.8. The number of aliphatic carboxylic acids is 1. The second kappa shape index (κ2) is 6.40. The molecule has 2 aliphatic rings. The van der Waals surface area contributed by atoms with E-state index >= 15 is 0 Å². The van der Waals surface area contributed by atoms with Crippen molar-refractivity contribution in [2.75, 3.05) is 5.32 Å². The molecule has 3 rings (SSSR count). The fourth-order valence-electron chi connectivity index (χ4n) is 3.43. The number of fused-ring (bicyclic) bond motifs is 1. The number of carbonyl (C=O) groups is 3. The van der Waals surface area contributed by atoms with Crippen LogP contribution >= 0.6 is 0 Å². The zero-order valence-electron chi connectivity index (χ0n) is 12.7. The maximum absolute atomic E-state index is 12.6. The molecule has 0 radical (unpaired) electrons. The van der Waals surface area contributed by atoms with Crippen LogP contribution in [-0.2, 0) is 14.4 Å². The van der Waals surface area contributed by atoms with Crippen molar-refractivity contribution in [3.63, 3.8) is 0 Å². The van der Waals surface area contributed by atoms with Crippen molar-refractivity contribution in [2.45, 2.75) is 44.1 Å². The third kappa shape index (κ3) is 3.36.